The van der Waals surface area contributed by atoms with Crippen LogP contribution in [-0.4, -0.2) is 17.2 Å². The molecule has 0 amide bonds. The summed E-state index contributed by atoms with van der Waals surface area (Å²) in [6.45, 7) is 0. The van der Waals surface area contributed by atoms with E-state index in [1.807, 2.05) is 12.1 Å². The lowest BCUT2D eigenvalue weighted by atomic mass is 9.76. The van der Waals surface area contributed by atoms with E-state index in [0.717, 1.165) is 16.6 Å². The van der Waals surface area contributed by atoms with Gasteiger partial charge in [0.05, 0.1) is 5.92 Å². The van der Waals surface area contributed by atoms with Crippen molar-refractivity contribution in [3.05, 3.63) is 28.5 Å². The third-order valence-electron chi connectivity index (χ3n) is 4.02. The summed E-state index contributed by atoms with van der Waals surface area (Å²) >= 11 is 3.30. The van der Waals surface area contributed by atoms with E-state index in [4.69, 9.17) is 5.73 Å². The van der Waals surface area contributed by atoms with Crippen molar-refractivity contribution in [1.29, 1.82) is 0 Å². The summed E-state index contributed by atoms with van der Waals surface area (Å²) in [5.41, 5.74) is 6.93. The van der Waals surface area contributed by atoms with Crippen LogP contribution in [0.2, 0.25) is 0 Å². The molecule has 0 radical (unpaired) electrons. The number of alkyl halides is 3. The summed E-state index contributed by atoms with van der Waals surface area (Å²) in [6.07, 6.45) is -0.0940. The highest BCUT2D eigenvalue weighted by molar-refractivity contribution is 9.10. The minimum Gasteiger partial charge on any atom is -0.327 e. The number of hydrogen-bond acceptors (Lipinski definition) is 2. The van der Waals surface area contributed by atoms with Crippen LogP contribution >= 0.6 is 15.9 Å². The third kappa shape index (κ3) is 4.19. The lowest BCUT2D eigenvalue weighted by molar-refractivity contribution is -0.186. The maximum absolute atomic E-state index is 12.8. The standard InChI is InChI=1S/C14H18BrF3N2/c15-11-4-5-12(20-8-11)7-13(19)9-2-1-3-10(6-9)14(16,17)18/h4-5,8-10,13H,1-3,6-7,19H2. The summed E-state index contributed by atoms with van der Waals surface area (Å²) < 4.78 is 39.3. The molecule has 20 heavy (non-hydrogen) atoms. The second kappa shape index (κ2) is 6.43. The average molecular weight is 351 g/mol. The van der Waals surface area contributed by atoms with Gasteiger partial charge in [0.15, 0.2) is 0 Å². The maximum Gasteiger partial charge on any atom is 0.391 e. The summed E-state index contributed by atoms with van der Waals surface area (Å²) in [7, 11) is 0. The summed E-state index contributed by atoms with van der Waals surface area (Å²) in [5.74, 6) is -1.26. The summed E-state index contributed by atoms with van der Waals surface area (Å²) in [4.78, 5) is 4.23. The lowest BCUT2D eigenvalue weighted by Gasteiger charge is -2.33. The fourth-order valence-electron chi connectivity index (χ4n) is 2.85. The molecule has 0 aliphatic heterocycles. The Morgan fingerprint density at radius 3 is 2.70 bits per heavy atom. The van der Waals surface area contributed by atoms with Gasteiger partial charge in [-0.05, 0) is 53.2 Å². The number of pyridine rings is 1. The number of aromatic nitrogens is 1. The van der Waals surface area contributed by atoms with Crippen molar-refractivity contribution in [3.8, 4) is 0 Å². The zero-order chi connectivity index (χ0) is 14.8. The number of nitrogens with zero attached hydrogens (tertiary/aromatic N) is 1. The third-order valence-corrected chi connectivity index (χ3v) is 4.49. The molecule has 112 valence electrons. The summed E-state index contributed by atoms with van der Waals surface area (Å²) in [6, 6.07) is 3.47. The Kier molecular flexibility index (Phi) is 5.07. The highest BCUT2D eigenvalue weighted by Crippen LogP contribution is 2.40. The van der Waals surface area contributed by atoms with E-state index >= 15 is 0 Å². The molecule has 0 aromatic carbocycles. The molecular weight excluding hydrogens is 333 g/mol. The molecule has 2 rings (SSSR count). The number of hydrogen-bond donors (Lipinski definition) is 1. The number of rotatable bonds is 3. The topological polar surface area (TPSA) is 38.9 Å². The van der Waals surface area contributed by atoms with Crippen LogP contribution in [0.3, 0.4) is 0 Å². The van der Waals surface area contributed by atoms with Gasteiger partial charge in [-0.2, -0.15) is 13.2 Å². The van der Waals surface area contributed by atoms with E-state index in [-0.39, 0.29) is 24.8 Å². The van der Waals surface area contributed by atoms with E-state index < -0.39 is 12.1 Å². The monoisotopic (exact) mass is 350 g/mol. The van der Waals surface area contributed by atoms with E-state index in [0.29, 0.717) is 12.8 Å². The molecule has 1 aliphatic carbocycles. The molecule has 1 aromatic heterocycles. The van der Waals surface area contributed by atoms with E-state index in [9.17, 15) is 13.2 Å². The molecule has 0 spiro atoms. The Hall–Kier alpha value is -0.620. The predicted octanol–water partition coefficient (Wildman–Crippen LogP) is 4.08. The Bertz CT molecular complexity index is 433. The molecule has 1 saturated carbocycles. The molecule has 1 aliphatic rings. The first-order chi connectivity index (χ1) is 9.36. The van der Waals surface area contributed by atoms with Crippen LogP contribution in [0.15, 0.2) is 22.8 Å². The van der Waals surface area contributed by atoms with Gasteiger partial charge >= 0.3 is 6.18 Å². The van der Waals surface area contributed by atoms with Gasteiger partial charge in [0.2, 0.25) is 0 Å². The second-order valence-corrected chi connectivity index (χ2v) is 6.42. The SMILES string of the molecule is NC(Cc1ccc(Br)cn1)C1CCCC(C(F)(F)F)C1. The first kappa shape index (κ1) is 15.8. The van der Waals surface area contributed by atoms with Crippen molar-refractivity contribution in [2.75, 3.05) is 0 Å². The van der Waals surface area contributed by atoms with Crippen LogP contribution in [0.5, 0.6) is 0 Å². The molecule has 1 aromatic rings. The van der Waals surface area contributed by atoms with Crippen molar-refractivity contribution in [2.24, 2.45) is 17.6 Å². The molecule has 2 nitrogen and oxygen atoms in total. The van der Waals surface area contributed by atoms with Gasteiger partial charge in [0.1, 0.15) is 0 Å². The van der Waals surface area contributed by atoms with Gasteiger partial charge in [0, 0.05) is 28.8 Å². The van der Waals surface area contributed by atoms with E-state index in [1.165, 1.54) is 0 Å². The van der Waals surface area contributed by atoms with Gasteiger partial charge in [-0.15, -0.1) is 0 Å². The maximum atomic E-state index is 12.8. The largest absolute Gasteiger partial charge is 0.391 e. The Morgan fingerprint density at radius 1 is 1.35 bits per heavy atom. The molecule has 0 saturated heterocycles. The van der Waals surface area contributed by atoms with Crippen molar-refractivity contribution in [2.45, 2.75) is 44.3 Å². The Labute approximate surface area is 125 Å². The Balaban J connectivity index is 1.95. The van der Waals surface area contributed by atoms with Gasteiger partial charge < -0.3 is 5.73 Å². The van der Waals surface area contributed by atoms with Crippen LogP contribution in [-0.2, 0) is 6.42 Å². The molecule has 3 atom stereocenters. The minimum atomic E-state index is -4.09. The van der Waals surface area contributed by atoms with Gasteiger partial charge in [-0.3, -0.25) is 4.98 Å². The molecule has 2 N–H and O–H groups in total. The highest BCUT2D eigenvalue weighted by Gasteiger charge is 2.43. The smallest absolute Gasteiger partial charge is 0.327 e. The predicted molar refractivity (Wildman–Crippen MR) is 75.1 cm³/mol. The lowest BCUT2D eigenvalue weighted by Crippen LogP contribution is -2.39. The van der Waals surface area contributed by atoms with E-state index in [1.54, 1.807) is 6.20 Å². The molecule has 3 unspecified atom stereocenters. The van der Waals surface area contributed by atoms with Gasteiger partial charge in [-0.25, -0.2) is 0 Å². The van der Waals surface area contributed by atoms with Crippen LogP contribution in [0.4, 0.5) is 13.2 Å². The first-order valence-electron chi connectivity index (χ1n) is 6.79. The van der Waals surface area contributed by atoms with Gasteiger partial charge in [0.25, 0.3) is 0 Å². The normalized spacial score (nSPS) is 25.4. The molecular formula is C14H18BrF3N2. The second-order valence-electron chi connectivity index (χ2n) is 5.50. The van der Waals surface area contributed by atoms with Crippen molar-refractivity contribution in [3.63, 3.8) is 0 Å². The molecule has 6 heteroatoms. The van der Waals surface area contributed by atoms with Crippen LogP contribution < -0.4 is 5.73 Å². The van der Waals surface area contributed by atoms with Crippen LogP contribution in [0, 0.1) is 11.8 Å². The quantitative estimate of drug-likeness (QED) is 0.891. The minimum absolute atomic E-state index is 0.0687. The van der Waals surface area contributed by atoms with Crippen molar-refractivity contribution in [1.82, 2.24) is 4.98 Å². The average Bonchev–Trinajstić information content (AvgIpc) is 2.40. The summed E-state index contributed by atoms with van der Waals surface area (Å²) in [5, 5.41) is 0. The van der Waals surface area contributed by atoms with E-state index in [2.05, 4.69) is 20.9 Å². The fraction of sp³-hybridized carbons (Fsp3) is 0.643. The fourth-order valence-corrected chi connectivity index (χ4v) is 3.08. The van der Waals surface area contributed by atoms with Crippen molar-refractivity contribution >= 4 is 15.9 Å². The van der Waals surface area contributed by atoms with Gasteiger partial charge in [-0.1, -0.05) is 6.42 Å². The van der Waals surface area contributed by atoms with Crippen molar-refractivity contribution < 1.29 is 13.2 Å². The molecule has 1 fully saturated rings. The molecule has 0 bridgehead atoms. The van der Waals surface area contributed by atoms with Crippen LogP contribution in [0.25, 0.3) is 0 Å². The Morgan fingerprint density at radius 2 is 2.10 bits per heavy atom. The highest BCUT2D eigenvalue weighted by atomic mass is 79.9. The number of halogens is 4. The molecule has 1 heterocycles. The number of nitrogens with two attached hydrogens (primary N) is 1. The zero-order valence-electron chi connectivity index (χ0n) is 11.0. The zero-order valence-corrected chi connectivity index (χ0v) is 12.6. The van der Waals surface area contributed by atoms with Crippen LogP contribution in [0.1, 0.15) is 31.4 Å². The first-order valence-corrected chi connectivity index (χ1v) is 7.58.